The minimum atomic E-state index is -0.682. The summed E-state index contributed by atoms with van der Waals surface area (Å²) in [7, 11) is 0. The molecule has 0 bridgehead atoms. The van der Waals surface area contributed by atoms with E-state index in [1.807, 2.05) is 0 Å². The highest BCUT2D eigenvalue weighted by Crippen LogP contribution is 2.59. The smallest absolute Gasteiger partial charge is 0.140 e. The minimum Gasteiger partial charge on any atom is -0.456 e. The first-order valence-electron chi connectivity index (χ1n) is 20.3. The molecule has 59 heavy (non-hydrogen) atoms. The van der Waals surface area contributed by atoms with Gasteiger partial charge in [-0.2, -0.15) is 0 Å². The monoisotopic (exact) mass is 756 g/mol. The summed E-state index contributed by atoms with van der Waals surface area (Å²) in [6.45, 7) is 2.24. The van der Waals surface area contributed by atoms with Crippen LogP contribution >= 0.6 is 0 Å². The average Bonchev–Trinajstić information content (AvgIpc) is 3.69. The zero-order valence-electron chi connectivity index (χ0n) is 32.7. The number of hydrogen-bond donors (Lipinski definition) is 0. The first kappa shape index (κ1) is 34.6. The predicted molar refractivity (Wildman–Crippen MR) is 245 cm³/mol. The van der Waals surface area contributed by atoms with Gasteiger partial charge in [-0.15, -0.1) is 0 Å². The van der Waals surface area contributed by atoms with Crippen molar-refractivity contribution in [1.29, 1.82) is 0 Å². The molecule has 11 rings (SSSR count). The number of para-hydroxylation sites is 5. The Morgan fingerprint density at radius 3 is 1.56 bits per heavy atom. The van der Waals surface area contributed by atoms with E-state index in [0.717, 1.165) is 61.6 Å². The van der Waals surface area contributed by atoms with Crippen molar-refractivity contribution in [3.8, 4) is 11.1 Å². The molecule has 0 N–H and O–H groups in total. The van der Waals surface area contributed by atoms with Crippen LogP contribution in [0.25, 0.3) is 33.1 Å². The molecule has 0 spiro atoms. The van der Waals surface area contributed by atoms with Crippen LogP contribution < -0.4 is 9.80 Å². The van der Waals surface area contributed by atoms with Crippen LogP contribution in [0.2, 0.25) is 0 Å². The first-order valence-corrected chi connectivity index (χ1v) is 20.3. The average molecular weight is 757 g/mol. The molecule has 0 fully saturated rings. The predicted octanol–water partition coefficient (Wildman–Crippen LogP) is 15.2. The van der Waals surface area contributed by atoms with Gasteiger partial charge in [0, 0.05) is 39.1 Å². The van der Waals surface area contributed by atoms with Crippen LogP contribution in [0.5, 0.6) is 0 Å². The van der Waals surface area contributed by atoms with Crippen LogP contribution in [0.15, 0.2) is 229 Å². The van der Waals surface area contributed by atoms with Crippen molar-refractivity contribution in [2.75, 3.05) is 9.80 Å². The zero-order chi connectivity index (χ0) is 39.3. The highest BCUT2D eigenvalue weighted by Gasteiger charge is 2.48. The number of aryl methyl sites for hydroxylation is 1. The Kier molecular flexibility index (Phi) is 8.27. The largest absolute Gasteiger partial charge is 0.456 e. The fourth-order valence-electron chi connectivity index (χ4n) is 9.49. The lowest BCUT2D eigenvalue weighted by Gasteiger charge is -2.46. The van der Waals surface area contributed by atoms with E-state index in [-0.39, 0.29) is 0 Å². The summed E-state index contributed by atoms with van der Waals surface area (Å²) in [5, 5.41) is 2.25. The van der Waals surface area contributed by atoms with Crippen molar-refractivity contribution >= 4 is 56.1 Å². The van der Waals surface area contributed by atoms with Gasteiger partial charge in [0.05, 0.1) is 16.8 Å². The van der Waals surface area contributed by atoms with Crippen LogP contribution in [0.4, 0.5) is 34.1 Å². The molecule has 3 nitrogen and oxygen atoms in total. The van der Waals surface area contributed by atoms with E-state index in [1.54, 1.807) is 0 Å². The van der Waals surface area contributed by atoms with Crippen molar-refractivity contribution in [3.05, 3.63) is 252 Å². The van der Waals surface area contributed by atoms with Gasteiger partial charge >= 0.3 is 0 Å². The lowest BCUT2D eigenvalue weighted by molar-refractivity contribution is 0.642. The van der Waals surface area contributed by atoms with E-state index in [1.165, 1.54) is 33.4 Å². The Labute approximate surface area is 344 Å². The molecule has 0 atom stereocenters. The summed E-state index contributed by atoms with van der Waals surface area (Å²) < 4.78 is 6.88. The molecular weight excluding hydrogens is 717 g/mol. The summed E-state index contributed by atoms with van der Waals surface area (Å²) in [6.07, 6.45) is 0. The fraction of sp³-hybridized carbons (Fsp3) is 0.0357. The van der Waals surface area contributed by atoms with E-state index < -0.39 is 5.41 Å². The van der Waals surface area contributed by atoms with Crippen molar-refractivity contribution in [2.45, 2.75) is 12.3 Å². The lowest BCUT2D eigenvalue weighted by atomic mass is 9.61. The van der Waals surface area contributed by atoms with Crippen LogP contribution in [0.3, 0.4) is 0 Å². The van der Waals surface area contributed by atoms with E-state index >= 15 is 0 Å². The molecule has 0 saturated carbocycles. The lowest BCUT2D eigenvalue weighted by Crippen LogP contribution is -2.38. The number of hydrogen-bond acceptors (Lipinski definition) is 3. The van der Waals surface area contributed by atoms with Crippen LogP contribution in [-0.4, -0.2) is 0 Å². The third-order valence-electron chi connectivity index (χ3n) is 12.1. The molecule has 1 aliphatic heterocycles. The van der Waals surface area contributed by atoms with Gasteiger partial charge in [0.25, 0.3) is 0 Å². The number of benzene rings is 9. The Bertz CT molecular complexity index is 3060. The molecule has 10 aromatic rings. The van der Waals surface area contributed by atoms with Crippen molar-refractivity contribution < 1.29 is 4.42 Å². The molecule has 3 heteroatoms. The molecule has 1 aliphatic rings. The molecule has 1 aromatic heterocycles. The van der Waals surface area contributed by atoms with Gasteiger partial charge < -0.3 is 14.2 Å². The third-order valence-corrected chi connectivity index (χ3v) is 12.1. The normalized spacial score (nSPS) is 12.9. The Morgan fingerprint density at radius 2 is 0.881 bits per heavy atom. The van der Waals surface area contributed by atoms with Gasteiger partial charge in [0.2, 0.25) is 0 Å². The minimum absolute atomic E-state index is 0.682. The highest BCUT2D eigenvalue weighted by atomic mass is 16.3. The molecule has 2 heterocycles. The molecule has 0 saturated heterocycles. The third kappa shape index (κ3) is 5.50. The second-order valence-corrected chi connectivity index (χ2v) is 15.3. The van der Waals surface area contributed by atoms with E-state index in [9.17, 15) is 0 Å². The summed E-state index contributed by atoms with van der Waals surface area (Å²) in [5.41, 5.74) is 16.1. The number of anilines is 6. The maximum atomic E-state index is 6.88. The maximum Gasteiger partial charge on any atom is 0.140 e. The summed E-state index contributed by atoms with van der Waals surface area (Å²) >= 11 is 0. The molecule has 0 amide bonds. The second-order valence-electron chi connectivity index (χ2n) is 15.3. The fourth-order valence-corrected chi connectivity index (χ4v) is 9.49. The van der Waals surface area contributed by atoms with Crippen molar-refractivity contribution in [1.82, 2.24) is 0 Å². The van der Waals surface area contributed by atoms with Gasteiger partial charge in [-0.05, 0) is 107 Å². The SMILES string of the molecule is Cc1ccccc1C1(c2cccc3c2oc2ccccc23)c2ccccc2N(c2ccc(N(c3ccccc3)c3ccc(-c4ccccc4)cc3)cc2)c2ccccc21. The van der Waals surface area contributed by atoms with Gasteiger partial charge in [0.15, 0.2) is 0 Å². The molecule has 280 valence electrons. The Morgan fingerprint density at radius 1 is 0.390 bits per heavy atom. The molecule has 9 aromatic carbocycles. The van der Waals surface area contributed by atoms with Gasteiger partial charge in [0.1, 0.15) is 11.2 Å². The van der Waals surface area contributed by atoms with E-state index in [4.69, 9.17) is 4.42 Å². The van der Waals surface area contributed by atoms with Crippen molar-refractivity contribution in [2.24, 2.45) is 0 Å². The summed E-state index contributed by atoms with van der Waals surface area (Å²) in [6, 6.07) is 80.8. The number of rotatable bonds is 7. The highest BCUT2D eigenvalue weighted by molar-refractivity contribution is 6.07. The van der Waals surface area contributed by atoms with Crippen molar-refractivity contribution in [3.63, 3.8) is 0 Å². The first-order chi connectivity index (χ1) is 29.2. The number of fused-ring (bicyclic) bond motifs is 5. The zero-order valence-corrected chi connectivity index (χ0v) is 32.7. The molecule has 0 unspecified atom stereocenters. The second kappa shape index (κ2) is 14.1. The molecular formula is C56H40N2O. The Hall–Kier alpha value is -7.62. The number of nitrogens with zero attached hydrogens (tertiary/aromatic N) is 2. The standard InChI is InChI=1S/C56H40N2O/c1-39-17-8-10-24-48(39)56(51-27-16-23-47-46-22-9-15-30-54(46)59-55(47)51)49-25-11-13-28-52(49)58(53-29-14-12-26-50(53)56)45-37-35-44(36-38-45)57(42-20-6-3-7-21-42)43-33-31-41(32-34-43)40-18-4-2-5-19-40/h2-38H,1H3. The summed E-state index contributed by atoms with van der Waals surface area (Å²) in [5.74, 6) is 0. The van der Waals surface area contributed by atoms with E-state index in [0.29, 0.717) is 0 Å². The van der Waals surface area contributed by atoms with E-state index in [2.05, 4.69) is 241 Å². The maximum absolute atomic E-state index is 6.88. The van der Waals surface area contributed by atoms with Gasteiger partial charge in [-0.25, -0.2) is 0 Å². The van der Waals surface area contributed by atoms with Gasteiger partial charge in [-0.1, -0.05) is 158 Å². The number of furan rings is 1. The molecule has 0 aliphatic carbocycles. The van der Waals surface area contributed by atoms with Crippen LogP contribution in [-0.2, 0) is 5.41 Å². The topological polar surface area (TPSA) is 19.6 Å². The Balaban J connectivity index is 1.09. The molecule has 0 radical (unpaired) electrons. The summed E-state index contributed by atoms with van der Waals surface area (Å²) in [4.78, 5) is 4.76. The van der Waals surface area contributed by atoms with Crippen LogP contribution in [0.1, 0.15) is 27.8 Å². The van der Waals surface area contributed by atoms with Gasteiger partial charge in [-0.3, -0.25) is 0 Å². The van der Waals surface area contributed by atoms with Crippen LogP contribution in [0, 0.1) is 6.92 Å². The quantitative estimate of drug-likeness (QED) is 0.161.